The molecule has 1 saturated heterocycles. The zero-order valence-corrected chi connectivity index (χ0v) is 15.2. The molecule has 0 aliphatic carbocycles. The molecule has 1 amide bonds. The van der Waals surface area contributed by atoms with Crippen molar-refractivity contribution in [2.45, 2.75) is 18.8 Å². The van der Waals surface area contributed by atoms with Crippen molar-refractivity contribution in [1.29, 1.82) is 5.26 Å². The molecule has 1 aliphatic rings. The summed E-state index contributed by atoms with van der Waals surface area (Å²) in [5, 5.41) is 16.5. The maximum Gasteiger partial charge on any atom is 0.274 e. The fraction of sp³-hybridized carbons (Fsp3) is 0.286. The van der Waals surface area contributed by atoms with Crippen LogP contribution in [-0.2, 0) is 7.05 Å². The topological polar surface area (TPSA) is 82.7 Å². The molecule has 27 heavy (non-hydrogen) atoms. The lowest BCUT2D eigenvalue weighted by atomic mass is 9.91. The van der Waals surface area contributed by atoms with Gasteiger partial charge in [0.25, 0.3) is 5.91 Å². The summed E-state index contributed by atoms with van der Waals surface area (Å²) in [6.07, 6.45) is 6.03. The van der Waals surface area contributed by atoms with Gasteiger partial charge in [0.2, 0.25) is 0 Å². The van der Waals surface area contributed by atoms with Crippen molar-refractivity contribution < 1.29 is 4.79 Å². The van der Waals surface area contributed by atoms with Crippen molar-refractivity contribution in [1.82, 2.24) is 14.9 Å². The molecule has 2 N–H and O–H groups in total. The van der Waals surface area contributed by atoms with Crippen molar-refractivity contribution in [3.05, 3.63) is 59.5 Å². The number of nitrogens with zero attached hydrogens (tertiary/aromatic N) is 3. The summed E-state index contributed by atoms with van der Waals surface area (Å²) in [6, 6.07) is 11.1. The van der Waals surface area contributed by atoms with Gasteiger partial charge in [-0.05, 0) is 61.2 Å². The molecule has 0 bridgehead atoms. The van der Waals surface area contributed by atoms with Crippen molar-refractivity contribution in [2.75, 3.05) is 18.4 Å². The van der Waals surface area contributed by atoms with E-state index in [1.165, 1.54) is 36.1 Å². The molecular weight excluding hydrogens is 338 g/mol. The second kappa shape index (κ2) is 7.22. The van der Waals surface area contributed by atoms with Gasteiger partial charge in [0.05, 0.1) is 11.6 Å². The lowest BCUT2D eigenvalue weighted by Gasteiger charge is -2.22. The average molecular weight is 359 g/mol. The number of amides is 1. The van der Waals surface area contributed by atoms with Gasteiger partial charge in [0, 0.05) is 42.6 Å². The largest absolute Gasteiger partial charge is 0.350 e. The summed E-state index contributed by atoms with van der Waals surface area (Å²) in [4.78, 5) is 16.6. The minimum Gasteiger partial charge on any atom is -0.350 e. The van der Waals surface area contributed by atoms with E-state index >= 15 is 0 Å². The van der Waals surface area contributed by atoms with Crippen LogP contribution in [0, 0.1) is 11.3 Å². The van der Waals surface area contributed by atoms with Crippen LogP contribution in [0.3, 0.4) is 0 Å². The van der Waals surface area contributed by atoms with E-state index in [2.05, 4.69) is 33.4 Å². The average Bonchev–Trinajstić information content (AvgIpc) is 3.04. The number of nitrogens with one attached hydrogen (secondary N) is 2. The quantitative estimate of drug-likeness (QED) is 0.752. The number of aromatic nitrogens is 2. The first-order valence-corrected chi connectivity index (χ1v) is 9.13. The van der Waals surface area contributed by atoms with E-state index in [1.807, 2.05) is 24.3 Å². The number of fused-ring (bicyclic) bond motifs is 1. The number of hydrogen-bond donors (Lipinski definition) is 2. The molecule has 0 saturated carbocycles. The molecular formula is C21H21N5O. The van der Waals surface area contributed by atoms with E-state index in [4.69, 9.17) is 5.26 Å². The van der Waals surface area contributed by atoms with E-state index in [-0.39, 0.29) is 11.6 Å². The maximum atomic E-state index is 12.5. The lowest BCUT2D eigenvalue weighted by Crippen LogP contribution is -2.28. The zero-order chi connectivity index (χ0) is 18.8. The first-order chi connectivity index (χ1) is 13.2. The highest BCUT2D eigenvalue weighted by Gasteiger charge is 2.20. The molecule has 0 radical (unpaired) electrons. The van der Waals surface area contributed by atoms with Crippen LogP contribution < -0.4 is 10.6 Å². The third-order valence-corrected chi connectivity index (χ3v) is 5.14. The molecule has 1 atom stereocenters. The number of pyridine rings is 1. The Morgan fingerprint density at radius 2 is 2.26 bits per heavy atom. The molecule has 3 aromatic rings. The summed E-state index contributed by atoms with van der Waals surface area (Å²) in [6.45, 7) is 2.07. The smallest absolute Gasteiger partial charge is 0.274 e. The standard InChI is InChI=1S/C21H21N5O/c1-26-13-18(15-3-2-7-23-12-15)17-10-16(4-5-20(17)26)25-21(27)19-9-14(11-22)6-8-24-19/h4-6,8-10,13,15,23H,2-3,7,12H2,1H3,(H,25,27)/t15-/m0/s1. The normalized spacial score (nSPS) is 16.8. The zero-order valence-electron chi connectivity index (χ0n) is 15.2. The molecule has 1 aliphatic heterocycles. The number of carbonyl (C=O) groups excluding carboxylic acids is 1. The molecule has 3 heterocycles. The molecule has 6 nitrogen and oxygen atoms in total. The van der Waals surface area contributed by atoms with Crippen molar-refractivity contribution in [2.24, 2.45) is 7.05 Å². The third-order valence-electron chi connectivity index (χ3n) is 5.14. The summed E-state index contributed by atoms with van der Waals surface area (Å²) >= 11 is 0. The Bertz CT molecular complexity index is 1040. The maximum absolute atomic E-state index is 12.5. The van der Waals surface area contributed by atoms with E-state index < -0.39 is 0 Å². The van der Waals surface area contributed by atoms with E-state index in [0.717, 1.165) is 24.3 Å². The van der Waals surface area contributed by atoms with Gasteiger partial charge in [-0.1, -0.05) is 0 Å². The highest BCUT2D eigenvalue weighted by atomic mass is 16.1. The first-order valence-electron chi connectivity index (χ1n) is 9.13. The van der Waals surface area contributed by atoms with Gasteiger partial charge in [-0.25, -0.2) is 0 Å². The minimum absolute atomic E-state index is 0.235. The van der Waals surface area contributed by atoms with Crippen molar-refractivity contribution in [3.63, 3.8) is 0 Å². The predicted molar refractivity (Wildman–Crippen MR) is 105 cm³/mol. The van der Waals surface area contributed by atoms with Crippen LogP contribution in [0.15, 0.2) is 42.7 Å². The molecule has 0 spiro atoms. The number of benzene rings is 1. The Balaban J connectivity index is 1.64. The van der Waals surface area contributed by atoms with Gasteiger partial charge < -0.3 is 15.2 Å². The highest BCUT2D eigenvalue weighted by Crippen LogP contribution is 2.32. The van der Waals surface area contributed by atoms with Gasteiger partial charge in [-0.2, -0.15) is 5.26 Å². The summed E-state index contributed by atoms with van der Waals surface area (Å²) in [5.41, 5.74) is 3.85. The Hall–Kier alpha value is -3.17. The summed E-state index contributed by atoms with van der Waals surface area (Å²) in [5.74, 6) is 0.172. The van der Waals surface area contributed by atoms with Crippen LogP contribution in [0.1, 0.15) is 40.4 Å². The second-order valence-corrected chi connectivity index (χ2v) is 6.97. The molecule has 2 aromatic heterocycles. The van der Waals surface area contributed by atoms with Crippen LogP contribution in [-0.4, -0.2) is 28.5 Å². The number of piperidine rings is 1. The first kappa shape index (κ1) is 17.3. The molecule has 0 unspecified atom stereocenters. The minimum atomic E-state index is -0.316. The molecule has 136 valence electrons. The van der Waals surface area contributed by atoms with E-state index in [9.17, 15) is 4.79 Å². The molecule has 1 fully saturated rings. The third kappa shape index (κ3) is 3.42. The van der Waals surface area contributed by atoms with Crippen LogP contribution in [0.4, 0.5) is 5.69 Å². The number of rotatable bonds is 3. The lowest BCUT2D eigenvalue weighted by molar-refractivity contribution is 0.102. The SMILES string of the molecule is Cn1cc([C@H]2CCCNC2)c2cc(NC(=O)c3cc(C#N)ccn3)ccc21. The van der Waals surface area contributed by atoms with Gasteiger partial charge >= 0.3 is 0 Å². The Kier molecular flexibility index (Phi) is 4.61. The van der Waals surface area contributed by atoms with Crippen LogP contribution in [0.5, 0.6) is 0 Å². The van der Waals surface area contributed by atoms with Crippen molar-refractivity contribution in [3.8, 4) is 6.07 Å². The number of aryl methyl sites for hydroxylation is 1. The highest BCUT2D eigenvalue weighted by molar-refractivity contribution is 6.04. The number of carbonyl (C=O) groups is 1. The number of anilines is 1. The van der Waals surface area contributed by atoms with Gasteiger partial charge in [0.15, 0.2) is 0 Å². The second-order valence-electron chi connectivity index (χ2n) is 6.97. The number of nitriles is 1. The molecule has 4 rings (SSSR count). The fourth-order valence-corrected chi connectivity index (χ4v) is 3.76. The molecule has 6 heteroatoms. The van der Waals surface area contributed by atoms with Crippen LogP contribution >= 0.6 is 0 Å². The van der Waals surface area contributed by atoms with Crippen LogP contribution in [0.2, 0.25) is 0 Å². The Morgan fingerprint density at radius 1 is 1.37 bits per heavy atom. The Labute approximate surface area is 157 Å². The van der Waals surface area contributed by atoms with Gasteiger partial charge in [0.1, 0.15) is 5.69 Å². The summed E-state index contributed by atoms with van der Waals surface area (Å²) in [7, 11) is 2.05. The molecule has 1 aromatic carbocycles. The monoisotopic (exact) mass is 359 g/mol. The van der Waals surface area contributed by atoms with Crippen LogP contribution in [0.25, 0.3) is 10.9 Å². The summed E-state index contributed by atoms with van der Waals surface area (Å²) < 4.78 is 2.14. The Morgan fingerprint density at radius 3 is 3.04 bits per heavy atom. The predicted octanol–water partition coefficient (Wildman–Crippen LogP) is 3.16. The van der Waals surface area contributed by atoms with Gasteiger partial charge in [-0.3, -0.25) is 9.78 Å². The van der Waals surface area contributed by atoms with E-state index in [0.29, 0.717) is 11.5 Å². The number of hydrogen-bond acceptors (Lipinski definition) is 4. The van der Waals surface area contributed by atoms with Crippen molar-refractivity contribution >= 4 is 22.5 Å². The van der Waals surface area contributed by atoms with E-state index in [1.54, 1.807) is 6.07 Å². The fourth-order valence-electron chi connectivity index (χ4n) is 3.76. The van der Waals surface area contributed by atoms with Gasteiger partial charge in [-0.15, -0.1) is 0 Å².